The van der Waals surface area contributed by atoms with Crippen molar-refractivity contribution in [1.29, 1.82) is 0 Å². The molecule has 2 N–H and O–H groups in total. The van der Waals surface area contributed by atoms with Crippen LogP contribution in [0.15, 0.2) is 24.3 Å². The third-order valence-corrected chi connectivity index (χ3v) is 2.87. The predicted molar refractivity (Wildman–Crippen MR) is 74.0 cm³/mol. The second-order valence-electron chi connectivity index (χ2n) is 4.07. The molecule has 0 unspecified atom stereocenters. The molecular formula is C13H16ClN3O. The van der Waals surface area contributed by atoms with Crippen molar-refractivity contribution in [2.24, 2.45) is 0 Å². The van der Waals surface area contributed by atoms with Crippen molar-refractivity contribution in [3.63, 3.8) is 0 Å². The molecule has 0 amide bonds. The summed E-state index contributed by atoms with van der Waals surface area (Å²) in [6, 6.07) is 7.77. The van der Waals surface area contributed by atoms with E-state index in [4.69, 9.17) is 16.7 Å². The molecule has 2 aromatic rings. The molecule has 0 aliphatic heterocycles. The number of unbranched alkanes of at least 4 members (excludes halogenated alkanes) is 2. The van der Waals surface area contributed by atoms with Gasteiger partial charge in [0, 0.05) is 18.5 Å². The Morgan fingerprint density at radius 2 is 1.94 bits per heavy atom. The van der Waals surface area contributed by atoms with Crippen LogP contribution in [-0.2, 0) is 0 Å². The second-order valence-corrected chi connectivity index (χ2v) is 4.41. The maximum Gasteiger partial charge on any atom is 0.224 e. The molecule has 0 spiro atoms. The van der Waals surface area contributed by atoms with Crippen LogP contribution in [0, 0.1) is 0 Å². The Morgan fingerprint density at radius 3 is 2.78 bits per heavy atom. The molecule has 0 saturated carbocycles. The van der Waals surface area contributed by atoms with Crippen LogP contribution in [0.3, 0.4) is 0 Å². The Labute approximate surface area is 111 Å². The third-order valence-electron chi connectivity index (χ3n) is 2.70. The normalized spacial score (nSPS) is 10.8. The number of nitrogens with zero attached hydrogens (tertiary/aromatic N) is 2. The van der Waals surface area contributed by atoms with Crippen LogP contribution in [0.1, 0.15) is 19.3 Å². The lowest BCUT2D eigenvalue weighted by Gasteiger charge is -2.08. The van der Waals surface area contributed by atoms with Crippen LogP contribution in [0.5, 0.6) is 0 Å². The van der Waals surface area contributed by atoms with Crippen LogP contribution in [0.2, 0.25) is 5.28 Å². The summed E-state index contributed by atoms with van der Waals surface area (Å²) in [4.78, 5) is 8.39. The summed E-state index contributed by atoms with van der Waals surface area (Å²) in [6.07, 6.45) is 2.84. The topological polar surface area (TPSA) is 58.0 Å². The number of hydrogen-bond donors (Lipinski definition) is 2. The molecule has 0 bridgehead atoms. The number of aromatic nitrogens is 2. The van der Waals surface area contributed by atoms with Gasteiger partial charge in [0.25, 0.3) is 0 Å². The van der Waals surface area contributed by atoms with E-state index in [0.717, 1.165) is 42.5 Å². The summed E-state index contributed by atoms with van der Waals surface area (Å²) in [5.74, 6) is 0.773. The van der Waals surface area contributed by atoms with Gasteiger partial charge in [-0.1, -0.05) is 12.1 Å². The number of anilines is 1. The number of aliphatic hydroxyl groups is 1. The molecule has 2 rings (SSSR count). The minimum Gasteiger partial charge on any atom is -0.396 e. The highest BCUT2D eigenvalue weighted by Gasteiger charge is 2.05. The average molecular weight is 266 g/mol. The molecule has 0 atom stereocenters. The van der Waals surface area contributed by atoms with Crippen molar-refractivity contribution in [2.75, 3.05) is 18.5 Å². The number of nitrogens with one attached hydrogen (secondary N) is 1. The van der Waals surface area contributed by atoms with Gasteiger partial charge in [0.15, 0.2) is 0 Å². The molecule has 1 aromatic heterocycles. The molecule has 96 valence electrons. The number of benzene rings is 1. The van der Waals surface area contributed by atoms with Crippen LogP contribution < -0.4 is 5.32 Å². The maximum atomic E-state index is 8.70. The fourth-order valence-corrected chi connectivity index (χ4v) is 1.98. The first-order valence-electron chi connectivity index (χ1n) is 6.08. The van der Waals surface area contributed by atoms with Crippen molar-refractivity contribution in [1.82, 2.24) is 9.97 Å². The largest absolute Gasteiger partial charge is 0.396 e. The van der Waals surface area contributed by atoms with Crippen molar-refractivity contribution in [3.05, 3.63) is 29.5 Å². The first-order valence-corrected chi connectivity index (χ1v) is 6.46. The van der Waals surface area contributed by atoms with Crippen LogP contribution in [0.4, 0.5) is 5.82 Å². The summed E-state index contributed by atoms with van der Waals surface area (Å²) in [6.45, 7) is 1.07. The fourth-order valence-electron chi connectivity index (χ4n) is 1.80. The summed E-state index contributed by atoms with van der Waals surface area (Å²) in [5, 5.41) is 13.2. The van der Waals surface area contributed by atoms with E-state index in [-0.39, 0.29) is 11.9 Å². The maximum absolute atomic E-state index is 8.70. The monoisotopic (exact) mass is 265 g/mol. The number of para-hydroxylation sites is 1. The first kappa shape index (κ1) is 13.1. The summed E-state index contributed by atoms with van der Waals surface area (Å²) in [7, 11) is 0. The summed E-state index contributed by atoms with van der Waals surface area (Å²) >= 11 is 5.89. The molecule has 0 aliphatic rings. The van der Waals surface area contributed by atoms with Gasteiger partial charge in [-0.3, -0.25) is 0 Å². The quantitative estimate of drug-likeness (QED) is 0.623. The van der Waals surface area contributed by atoms with E-state index in [1.807, 2.05) is 24.3 Å². The van der Waals surface area contributed by atoms with Gasteiger partial charge in [0.05, 0.1) is 5.52 Å². The van der Waals surface area contributed by atoms with Crippen LogP contribution >= 0.6 is 11.6 Å². The zero-order valence-electron chi connectivity index (χ0n) is 10.1. The lowest BCUT2D eigenvalue weighted by atomic mass is 10.2. The Morgan fingerprint density at radius 1 is 1.11 bits per heavy atom. The highest BCUT2D eigenvalue weighted by molar-refractivity contribution is 6.28. The van der Waals surface area contributed by atoms with E-state index < -0.39 is 0 Å². The van der Waals surface area contributed by atoms with E-state index in [1.165, 1.54) is 0 Å². The van der Waals surface area contributed by atoms with Gasteiger partial charge >= 0.3 is 0 Å². The molecule has 0 aliphatic carbocycles. The average Bonchev–Trinajstić information content (AvgIpc) is 2.38. The Hall–Kier alpha value is -1.39. The van der Waals surface area contributed by atoms with Gasteiger partial charge in [-0.25, -0.2) is 9.97 Å². The van der Waals surface area contributed by atoms with Gasteiger partial charge in [-0.05, 0) is 43.0 Å². The molecule has 1 heterocycles. The van der Waals surface area contributed by atoms with E-state index in [0.29, 0.717) is 0 Å². The summed E-state index contributed by atoms with van der Waals surface area (Å²) < 4.78 is 0. The van der Waals surface area contributed by atoms with E-state index in [1.54, 1.807) is 0 Å². The number of hydrogen-bond acceptors (Lipinski definition) is 4. The zero-order valence-corrected chi connectivity index (χ0v) is 10.8. The second kappa shape index (κ2) is 6.52. The lowest BCUT2D eigenvalue weighted by molar-refractivity contribution is 0.283. The van der Waals surface area contributed by atoms with Gasteiger partial charge < -0.3 is 10.4 Å². The van der Waals surface area contributed by atoms with E-state index >= 15 is 0 Å². The molecular weight excluding hydrogens is 250 g/mol. The highest BCUT2D eigenvalue weighted by Crippen LogP contribution is 2.21. The smallest absolute Gasteiger partial charge is 0.224 e. The fraction of sp³-hybridized carbons (Fsp3) is 0.385. The van der Waals surface area contributed by atoms with Gasteiger partial charge in [-0.2, -0.15) is 0 Å². The SMILES string of the molecule is OCCCCCNc1nc(Cl)nc2ccccc12. The number of rotatable bonds is 6. The van der Waals surface area contributed by atoms with E-state index in [9.17, 15) is 0 Å². The molecule has 0 saturated heterocycles. The van der Waals surface area contributed by atoms with Crippen molar-refractivity contribution in [3.8, 4) is 0 Å². The summed E-state index contributed by atoms with van der Waals surface area (Å²) in [5.41, 5.74) is 0.843. The van der Waals surface area contributed by atoms with Crippen molar-refractivity contribution in [2.45, 2.75) is 19.3 Å². The van der Waals surface area contributed by atoms with Crippen molar-refractivity contribution < 1.29 is 5.11 Å². The van der Waals surface area contributed by atoms with Gasteiger partial charge in [0.1, 0.15) is 5.82 Å². The van der Waals surface area contributed by atoms with Gasteiger partial charge in [0.2, 0.25) is 5.28 Å². The molecule has 5 heteroatoms. The highest BCUT2D eigenvalue weighted by atomic mass is 35.5. The first-order chi connectivity index (χ1) is 8.81. The van der Waals surface area contributed by atoms with Crippen LogP contribution in [-0.4, -0.2) is 28.2 Å². The molecule has 0 radical (unpaired) electrons. The van der Waals surface area contributed by atoms with Crippen molar-refractivity contribution >= 4 is 28.3 Å². The Bertz CT molecular complexity index is 519. The molecule has 0 fully saturated rings. The Balaban J connectivity index is 2.07. The predicted octanol–water partition coefficient (Wildman–Crippen LogP) is 2.86. The Kier molecular flexibility index (Phi) is 4.73. The lowest BCUT2D eigenvalue weighted by Crippen LogP contribution is -2.05. The number of fused-ring (bicyclic) bond motifs is 1. The number of halogens is 1. The number of aliphatic hydroxyl groups excluding tert-OH is 1. The van der Waals surface area contributed by atoms with Crippen LogP contribution in [0.25, 0.3) is 10.9 Å². The minimum absolute atomic E-state index is 0.252. The standard InChI is InChI=1S/C13H16ClN3O/c14-13-16-11-7-3-2-6-10(11)12(17-13)15-8-4-1-5-9-18/h2-3,6-7,18H,1,4-5,8-9H2,(H,15,16,17). The molecule has 1 aromatic carbocycles. The molecule has 18 heavy (non-hydrogen) atoms. The third kappa shape index (κ3) is 3.31. The van der Waals surface area contributed by atoms with Gasteiger partial charge in [-0.15, -0.1) is 0 Å². The van der Waals surface area contributed by atoms with E-state index in [2.05, 4.69) is 15.3 Å². The molecule has 4 nitrogen and oxygen atoms in total. The zero-order chi connectivity index (χ0) is 12.8. The minimum atomic E-state index is 0.252.